The van der Waals surface area contributed by atoms with E-state index in [4.69, 9.17) is 18.0 Å². The first-order valence-corrected chi connectivity index (χ1v) is 3.32. The fourth-order valence-corrected chi connectivity index (χ4v) is 0.778. The SMILES string of the molecule is C#Cc1ncc(NC)nc1Cl. The lowest BCUT2D eigenvalue weighted by Crippen LogP contribution is -1.95. The first-order chi connectivity index (χ1) is 5.27. The first kappa shape index (κ1) is 7.83. The van der Waals surface area contributed by atoms with Crippen LogP contribution in [0, 0.1) is 12.3 Å². The maximum Gasteiger partial charge on any atom is 0.165 e. The monoisotopic (exact) mass is 167 g/mol. The Morgan fingerprint density at radius 1 is 1.73 bits per heavy atom. The lowest BCUT2D eigenvalue weighted by atomic mass is 10.5. The van der Waals surface area contributed by atoms with Crippen molar-refractivity contribution in [3.8, 4) is 12.3 Å². The van der Waals surface area contributed by atoms with Gasteiger partial charge in [0.05, 0.1) is 6.20 Å². The van der Waals surface area contributed by atoms with Crippen molar-refractivity contribution < 1.29 is 0 Å². The topological polar surface area (TPSA) is 37.8 Å². The highest BCUT2D eigenvalue weighted by molar-refractivity contribution is 6.30. The summed E-state index contributed by atoms with van der Waals surface area (Å²) in [6, 6.07) is 0. The molecule has 1 heterocycles. The van der Waals surface area contributed by atoms with Gasteiger partial charge in [-0.25, -0.2) is 9.97 Å². The number of aromatic nitrogens is 2. The number of hydrogen-bond acceptors (Lipinski definition) is 3. The van der Waals surface area contributed by atoms with E-state index in [-0.39, 0.29) is 5.15 Å². The van der Waals surface area contributed by atoms with Gasteiger partial charge in [0.15, 0.2) is 5.15 Å². The van der Waals surface area contributed by atoms with Crippen LogP contribution in [-0.4, -0.2) is 17.0 Å². The molecule has 56 valence electrons. The van der Waals surface area contributed by atoms with Gasteiger partial charge in [-0.15, -0.1) is 6.42 Å². The van der Waals surface area contributed by atoms with Gasteiger partial charge in [0.2, 0.25) is 0 Å². The Morgan fingerprint density at radius 2 is 2.45 bits per heavy atom. The highest BCUT2D eigenvalue weighted by atomic mass is 35.5. The molecular weight excluding hydrogens is 162 g/mol. The van der Waals surface area contributed by atoms with E-state index in [0.29, 0.717) is 11.5 Å². The molecule has 1 N–H and O–H groups in total. The second-order valence-electron chi connectivity index (χ2n) is 1.79. The van der Waals surface area contributed by atoms with Gasteiger partial charge in [0.1, 0.15) is 11.5 Å². The average molecular weight is 168 g/mol. The van der Waals surface area contributed by atoms with E-state index in [1.165, 1.54) is 6.20 Å². The average Bonchev–Trinajstić information content (AvgIpc) is 2.04. The van der Waals surface area contributed by atoms with Crippen molar-refractivity contribution in [2.75, 3.05) is 12.4 Å². The molecule has 4 heteroatoms. The van der Waals surface area contributed by atoms with Gasteiger partial charge in [-0.3, -0.25) is 0 Å². The van der Waals surface area contributed by atoms with E-state index in [2.05, 4.69) is 21.2 Å². The van der Waals surface area contributed by atoms with Crippen molar-refractivity contribution in [2.45, 2.75) is 0 Å². The van der Waals surface area contributed by atoms with Crippen LogP contribution in [0.4, 0.5) is 5.82 Å². The second kappa shape index (κ2) is 3.22. The quantitative estimate of drug-likeness (QED) is 0.638. The largest absolute Gasteiger partial charge is 0.372 e. The van der Waals surface area contributed by atoms with Crippen molar-refractivity contribution in [3.05, 3.63) is 17.0 Å². The summed E-state index contributed by atoms with van der Waals surface area (Å²) in [6.45, 7) is 0. The van der Waals surface area contributed by atoms with E-state index < -0.39 is 0 Å². The number of nitrogens with zero attached hydrogens (tertiary/aromatic N) is 2. The van der Waals surface area contributed by atoms with Gasteiger partial charge < -0.3 is 5.32 Å². The third-order valence-corrected chi connectivity index (χ3v) is 1.39. The molecule has 0 bridgehead atoms. The van der Waals surface area contributed by atoms with Crippen LogP contribution < -0.4 is 5.32 Å². The smallest absolute Gasteiger partial charge is 0.165 e. The number of halogens is 1. The fourth-order valence-electron chi connectivity index (χ4n) is 0.584. The van der Waals surface area contributed by atoms with Crippen molar-refractivity contribution in [1.29, 1.82) is 0 Å². The summed E-state index contributed by atoms with van der Waals surface area (Å²) < 4.78 is 0. The van der Waals surface area contributed by atoms with E-state index >= 15 is 0 Å². The summed E-state index contributed by atoms with van der Waals surface area (Å²) >= 11 is 5.65. The predicted octanol–water partition coefficient (Wildman–Crippen LogP) is 1.15. The lowest BCUT2D eigenvalue weighted by Gasteiger charge is -1.98. The zero-order valence-electron chi connectivity index (χ0n) is 5.93. The fraction of sp³-hybridized carbons (Fsp3) is 0.143. The standard InChI is InChI=1S/C7H6ClN3/c1-3-5-7(8)11-6(9-2)4-10-5/h1,4H,2H3,(H,9,11). The van der Waals surface area contributed by atoms with Gasteiger partial charge in [-0.1, -0.05) is 11.6 Å². The Labute approximate surface area is 69.8 Å². The minimum Gasteiger partial charge on any atom is -0.372 e. The number of hydrogen-bond donors (Lipinski definition) is 1. The summed E-state index contributed by atoms with van der Waals surface area (Å²) in [5, 5.41) is 3.04. The molecule has 0 spiro atoms. The molecule has 1 aromatic rings. The van der Waals surface area contributed by atoms with Crippen LogP contribution >= 0.6 is 11.6 Å². The van der Waals surface area contributed by atoms with Gasteiger partial charge in [0, 0.05) is 7.05 Å². The van der Waals surface area contributed by atoms with Gasteiger partial charge >= 0.3 is 0 Å². The number of rotatable bonds is 1. The summed E-state index contributed by atoms with van der Waals surface area (Å²) in [4.78, 5) is 7.79. The Kier molecular flexibility index (Phi) is 2.29. The Bertz CT molecular complexity index is 303. The van der Waals surface area contributed by atoms with Crippen LogP contribution in [0.25, 0.3) is 0 Å². The van der Waals surface area contributed by atoms with Gasteiger partial charge in [0.25, 0.3) is 0 Å². The minimum absolute atomic E-state index is 0.249. The molecule has 3 nitrogen and oxygen atoms in total. The zero-order valence-corrected chi connectivity index (χ0v) is 6.68. The molecule has 0 aliphatic heterocycles. The molecule has 1 rings (SSSR count). The van der Waals surface area contributed by atoms with Crippen LogP contribution in [0.3, 0.4) is 0 Å². The highest BCUT2D eigenvalue weighted by Crippen LogP contribution is 2.11. The van der Waals surface area contributed by atoms with Gasteiger partial charge in [-0.05, 0) is 5.92 Å². The van der Waals surface area contributed by atoms with Gasteiger partial charge in [-0.2, -0.15) is 0 Å². The van der Waals surface area contributed by atoms with Crippen LogP contribution in [0.15, 0.2) is 6.20 Å². The molecule has 0 aliphatic carbocycles. The number of anilines is 1. The molecule has 0 aliphatic rings. The number of terminal acetylenes is 1. The predicted molar refractivity (Wildman–Crippen MR) is 44.5 cm³/mol. The summed E-state index contributed by atoms with van der Waals surface area (Å²) in [5.41, 5.74) is 0.366. The van der Waals surface area contributed by atoms with Crippen LogP contribution in [0.1, 0.15) is 5.69 Å². The maximum atomic E-state index is 5.65. The summed E-state index contributed by atoms with van der Waals surface area (Å²) in [7, 11) is 1.73. The lowest BCUT2D eigenvalue weighted by molar-refractivity contribution is 1.16. The van der Waals surface area contributed by atoms with E-state index in [0.717, 1.165) is 0 Å². The molecular formula is C7H6ClN3. The van der Waals surface area contributed by atoms with Crippen molar-refractivity contribution in [1.82, 2.24) is 9.97 Å². The first-order valence-electron chi connectivity index (χ1n) is 2.95. The molecule has 0 saturated heterocycles. The second-order valence-corrected chi connectivity index (χ2v) is 2.15. The maximum absolute atomic E-state index is 5.65. The van der Waals surface area contributed by atoms with Crippen molar-refractivity contribution in [3.63, 3.8) is 0 Å². The molecule has 0 fully saturated rings. The summed E-state index contributed by atoms with van der Waals surface area (Å²) in [5.74, 6) is 2.92. The van der Waals surface area contributed by atoms with Crippen LogP contribution in [0.5, 0.6) is 0 Å². The van der Waals surface area contributed by atoms with Crippen molar-refractivity contribution >= 4 is 17.4 Å². The minimum atomic E-state index is 0.249. The molecule has 1 aromatic heterocycles. The Balaban J connectivity index is 3.12. The molecule has 11 heavy (non-hydrogen) atoms. The third kappa shape index (κ3) is 1.60. The Hall–Kier alpha value is -1.27. The molecule has 0 saturated carbocycles. The van der Waals surface area contributed by atoms with Crippen LogP contribution in [-0.2, 0) is 0 Å². The van der Waals surface area contributed by atoms with E-state index in [9.17, 15) is 0 Å². The molecule has 0 unspecified atom stereocenters. The normalized spacial score (nSPS) is 8.82. The zero-order chi connectivity index (χ0) is 8.27. The number of nitrogens with one attached hydrogen (secondary N) is 1. The Morgan fingerprint density at radius 3 is 2.91 bits per heavy atom. The van der Waals surface area contributed by atoms with E-state index in [1.54, 1.807) is 7.05 Å². The molecule has 0 radical (unpaired) electrons. The van der Waals surface area contributed by atoms with E-state index in [1.807, 2.05) is 0 Å². The van der Waals surface area contributed by atoms with Crippen LogP contribution in [0.2, 0.25) is 5.15 Å². The van der Waals surface area contributed by atoms with Crippen molar-refractivity contribution in [2.24, 2.45) is 0 Å². The molecule has 0 aromatic carbocycles. The highest BCUT2D eigenvalue weighted by Gasteiger charge is 1.99. The summed E-state index contributed by atoms with van der Waals surface area (Å²) in [6.07, 6.45) is 6.61. The molecule has 0 amide bonds. The molecule has 0 atom stereocenters. The third-order valence-electron chi connectivity index (χ3n) is 1.12.